The largest absolute Gasteiger partial charge is 0.273 e. The van der Waals surface area contributed by atoms with Crippen molar-refractivity contribution in [2.45, 2.75) is 20.0 Å². The van der Waals surface area contributed by atoms with Crippen LogP contribution in [0.25, 0.3) is 0 Å². The molecule has 0 N–H and O–H groups in total. The zero-order valence-corrected chi connectivity index (χ0v) is 12.0. The maximum Gasteiger partial charge on any atom is 0.243 e. The van der Waals surface area contributed by atoms with Gasteiger partial charge in [0.25, 0.3) is 0 Å². The lowest BCUT2D eigenvalue weighted by Gasteiger charge is -2.20. The van der Waals surface area contributed by atoms with Crippen LogP contribution >= 0.6 is 0 Å². The SMILES string of the molecule is CC(=O)N(CCCS(C)(=O)=O)OCc1ccccc1. The predicted molar refractivity (Wildman–Crippen MR) is 72.9 cm³/mol. The Labute approximate surface area is 114 Å². The first kappa shape index (κ1) is 15.7. The molecule has 0 saturated heterocycles. The van der Waals surface area contributed by atoms with Gasteiger partial charge in [0, 0.05) is 19.7 Å². The lowest BCUT2D eigenvalue weighted by Crippen LogP contribution is -2.30. The Hall–Kier alpha value is -1.40. The average Bonchev–Trinajstić information content (AvgIpc) is 2.33. The summed E-state index contributed by atoms with van der Waals surface area (Å²) in [6.07, 6.45) is 1.54. The quantitative estimate of drug-likeness (QED) is 0.710. The predicted octanol–water partition coefficient (Wildman–Crippen LogP) is 1.40. The van der Waals surface area contributed by atoms with Gasteiger partial charge in [-0.2, -0.15) is 0 Å². The van der Waals surface area contributed by atoms with Crippen LogP contribution in [0.4, 0.5) is 0 Å². The van der Waals surface area contributed by atoms with Crippen LogP contribution < -0.4 is 0 Å². The van der Waals surface area contributed by atoms with Gasteiger partial charge in [0.1, 0.15) is 16.4 Å². The van der Waals surface area contributed by atoms with Crippen molar-refractivity contribution in [2.75, 3.05) is 18.6 Å². The van der Waals surface area contributed by atoms with E-state index in [2.05, 4.69) is 0 Å². The molecule has 1 aromatic carbocycles. The van der Waals surface area contributed by atoms with E-state index >= 15 is 0 Å². The Morgan fingerprint density at radius 3 is 2.42 bits per heavy atom. The van der Waals surface area contributed by atoms with Crippen molar-refractivity contribution in [1.82, 2.24) is 5.06 Å². The minimum atomic E-state index is -3.01. The van der Waals surface area contributed by atoms with Gasteiger partial charge in [-0.25, -0.2) is 13.5 Å². The van der Waals surface area contributed by atoms with Crippen molar-refractivity contribution < 1.29 is 18.0 Å². The molecule has 0 spiro atoms. The molecular formula is C13H19NO4S. The Kier molecular flexibility index (Phi) is 5.98. The summed E-state index contributed by atoms with van der Waals surface area (Å²) in [7, 11) is -3.01. The normalized spacial score (nSPS) is 11.3. The van der Waals surface area contributed by atoms with Crippen molar-refractivity contribution >= 4 is 15.7 Å². The van der Waals surface area contributed by atoms with Gasteiger partial charge in [0.15, 0.2) is 0 Å². The molecule has 0 aliphatic heterocycles. The van der Waals surface area contributed by atoms with E-state index in [9.17, 15) is 13.2 Å². The molecule has 6 heteroatoms. The van der Waals surface area contributed by atoms with Gasteiger partial charge < -0.3 is 0 Å². The first-order valence-electron chi connectivity index (χ1n) is 6.01. The number of hydrogen-bond acceptors (Lipinski definition) is 4. The van der Waals surface area contributed by atoms with Gasteiger partial charge >= 0.3 is 0 Å². The van der Waals surface area contributed by atoms with Crippen LogP contribution in [0.5, 0.6) is 0 Å². The third-order valence-electron chi connectivity index (χ3n) is 2.46. The zero-order chi connectivity index (χ0) is 14.3. The third-order valence-corrected chi connectivity index (χ3v) is 3.49. The number of carbonyl (C=O) groups is 1. The van der Waals surface area contributed by atoms with Crippen LogP contribution in [0.1, 0.15) is 18.9 Å². The van der Waals surface area contributed by atoms with Gasteiger partial charge in [0.05, 0.1) is 5.75 Å². The van der Waals surface area contributed by atoms with Crippen LogP contribution in [0.3, 0.4) is 0 Å². The molecule has 0 bridgehead atoms. The van der Waals surface area contributed by atoms with Crippen LogP contribution in [-0.2, 0) is 26.1 Å². The van der Waals surface area contributed by atoms with E-state index in [4.69, 9.17) is 4.84 Å². The number of hydrogen-bond donors (Lipinski definition) is 0. The molecule has 0 fully saturated rings. The zero-order valence-electron chi connectivity index (χ0n) is 11.2. The fraction of sp³-hybridized carbons (Fsp3) is 0.462. The second kappa shape index (κ2) is 7.25. The highest BCUT2D eigenvalue weighted by Gasteiger charge is 2.11. The van der Waals surface area contributed by atoms with Gasteiger partial charge in [0.2, 0.25) is 5.91 Å². The van der Waals surface area contributed by atoms with Crippen molar-refractivity contribution in [3.8, 4) is 0 Å². The summed E-state index contributed by atoms with van der Waals surface area (Å²) in [6.45, 7) is 1.96. The fourth-order valence-corrected chi connectivity index (χ4v) is 2.16. The highest BCUT2D eigenvalue weighted by atomic mass is 32.2. The molecule has 5 nitrogen and oxygen atoms in total. The van der Waals surface area contributed by atoms with Crippen LogP contribution in [0.15, 0.2) is 30.3 Å². The molecule has 0 aliphatic carbocycles. The first-order valence-corrected chi connectivity index (χ1v) is 8.07. The first-order chi connectivity index (χ1) is 8.88. The highest BCUT2D eigenvalue weighted by Crippen LogP contribution is 2.04. The summed E-state index contributed by atoms with van der Waals surface area (Å²) < 4.78 is 22.0. The molecule has 0 heterocycles. The molecule has 0 saturated carbocycles. The molecular weight excluding hydrogens is 266 g/mol. The molecule has 1 amide bonds. The third kappa shape index (κ3) is 6.93. The highest BCUT2D eigenvalue weighted by molar-refractivity contribution is 7.90. The molecule has 0 atom stereocenters. The van der Waals surface area contributed by atoms with E-state index in [1.54, 1.807) is 0 Å². The molecule has 19 heavy (non-hydrogen) atoms. The van der Waals surface area contributed by atoms with Gasteiger partial charge in [-0.3, -0.25) is 9.63 Å². The molecule has 106 valence electrons. The van der Waals surface area contributed by atoms with E-state index in [1.165, 1.54) is 18.2 Å². The maximum atomic E-state index is 11.4. The summed E-state index contributed by atoms with van der Waals surface area (Å²) in [5.74, 6) is -0.185. The monoisotopic (exact) mass is 285 g/mol. The van der Waals surface area contributed by atoms with Crippen molar-refractivity contribution in [2.24, 2.45) is 0 Å². The molecule has 0 aromatic heterocycles. The smallest absolute Gasteiger partial charge is 0.243 e. The van der Waals surface area contributed by atoms with Gasteiger partial charge in [-0.15, -0.1) is 0 Å². The summed E-state index contributed by atoms with van der Waals surface area (Å²) >= 11 is 0. The van der Waals surface area contributed by atoms with E-state index in [0.717, 1.165) is 5.56 Å². The molecule has 1 rings (SSSR count). The van der Waals surface area contributed by atoms with E-state index < -0.39 is 9.84 Å². The van der Waals surface area contributed by atoms with Crippen LogP contribution in [0, 0.1) is 0 Å². The summed E-state index contributed by atoms with van der Waals surface area (Å²) in [4.78, 5) is 16.8. The molecule has 0 unspecified atom stereocenters. The van der Waals surface area contributed by atoms with Crippen molar-refractivity contribution in [3.63, 3.8) is 0 Å². The van der Waals surface area contributed by atoms with Crippen LogP contribution in [0.2, 0.25) is 0 Å². The van der Waals surface area contributed by atoms with Crippen molar-refractivity contribution in [1.29, 1.82) is 0 Å². The topological polar surface area (TPSA) is 63.7 Å². The minimum absolute atomic E-state index is 0.0471. The standard InChI is InChI=1S/C13H19NO4S/c1-12(15)14(9-6-10-19(2,16)17)18-11-13-7-4-3-5-8-13/h3-5,7-8H,6,9-11H2,1-2H3. The van der Waals surface area contributed by atoms with Crippen LogP contribution in [-0.4, -0.2) is 37.9 Å². The van der Waals surface area contributed by atoms with Crippen molar-refractivity contribution in [3.05, 3.63) is 35.9 Å². The Morgan fingerprint density at radius 2 is 1.89 bits per heavy atom. The summed E-state index contributed by atoms with van der Waals surface area (Å²) in [5, 5.41) is 1.21. The van der Waals surface area contributed by atoms with E-state index in [1.807, 2.05) is 30.3 Å². The molecule has 0 aliphatic rings. The second-order valence-corrected chi connectivity index (χ2v) is 6.62. The Balaban J connectivity index is 2.43. The molecule has 1 aromatic rings. The van der Waals surface area contributed by atoms with E-state index in [0.29, 0.717) is 13.0 Å². The maximum absolute atomic E-state index is 11.4. The number of benzene rings is 1. The lowest BCUT2D eigenvalue weighted by molar-refractivity contribution is -0.189. The lowest BCUT2D eigenvalue weighted by atomic mass is 10.2. The summed E-state index contributed by atoms with van der Waals surface area (Å²) in [5.41, 5.74) is 0.955. The van der Waals surface area contributed by atoms with Gasteiger partial charge in [-0.1, -0.05) is 30.3 Å². The number of hydroxylamine groups is 2. The number of carbonyl (C=O) groups excluding carboxylic acids is 1. The number of rotatable bonds is 7. The van der Waals surface area contributed by atoms with Gasteiger partial charge in [-0.05, 0) is 12.0 Å². The molecule has 0 radical (unpaired) electrons. The second-order valence-electron chi connectivity index (χ2n) is 4.36. The van der Waals surface area contributed by atoms with E-state index in [-0.39, 0.29) is 18.2 Å². The Bertz CT molecular complexity index is 499. The number of sulfone groups is 1. The Morgan fingerprint density at radius 1 is 1.26 bits per heavy atom. The fourth-order valence-electron chi connectivity index (χ4n) is 1.51. The minimum Gasteiger partial charge on any atom is -0.273 e. The summed E-state index contributed by atoms with van der Waals surface area (Å²) in [6, 6.07) is 9.48. The number of nitrogens with zero attached hydrogens (tertiary/aromatic N) is 1. The average molecular weight is 285 g/mol. The number of amides is 1.